The predicted molar refractivity (Wildman–Crippen MR) is 108 cm³/mol. The molecule has 1 saturated heterocycles. The van der Waals surface area contributed by atoms with Crippen molar-refractivity contribution in [3.8, 4) is 0 Å². The van der Waals surface area contributed by atoms with Crippen LogP contribution in [0.15, 0.2) is 54.6 Å². The van der Waals surface area contributed by atoms with Crippen LogP contribution in [0.25, 0.3) is 0 Å². The molecule has 5 heteroatoms. The summed E-state index contributed by atoms with van der Waals surface area (Å²) in [6, 6.07) is 17.6. The van der Waals surface area contributed by atoms with Gasteiger partial charge in [-0.3, -0.25) is 9.59 Å². The largest absolute Gasteiger partial charge is 0.351 e. The average molecular weight is 369 g/mol. The van der Waals surface area contributed by atoms with Crippen LogP contribution in [-0.4, -0.2) is 30.7 Å². The van der Waals surface area contributed by atoms with E-state index in [1.807, 2.05) is 35.2 Å². The van der Waals surface area contributed by atoms with Gasteiger partial charge in [0.05, 0.1) is 0 Å². The highest BCUT2D eigenvalue weighted by Gasteiger charge is 2.19. The number of hydrogen-bond donors (Lipinski definition) is 1. The number of amides is 2. The van der Waals surface area contributed by atoms with Crippen LogP contribution in [0.4, 0.5) is 5.69 Å². The second-order valence-electron chi connectivity index (χ2n) is 6.34. The number of anilines is 1. The van der Waals surface area contributed by atoms with Crippen molar-refractivity contribution in [1.82, 2.24) is 5.32 Å². The van der Waals surface area contributed by atoms with Crippen LogP contribution in [0.1, 0.15) is 35.2 Å². The van der Waals surface area contributed by atoms with Gasteiger partial charge in [-0.2, -0.15) is 11.8 Å². The molecule has 3 rings (SSSR count). The van der Waals surface area contributed by atoms with Gasteiger partial charge in [0.2, 0.25) is 5.91 Å². The van der Waals surface area contributed by atoms with Crippen molar-refractivity contribution in [2.45, 2.75) is 25.0 Å². The zero-order chi connectivity index (χ0) is 18.2. The molecule has 2 amide bonds. The lowest BCUT2D eigenvalue weighted by atomic mass is 10.1. The second kappa shape index (κ2) is 9.43. The molecule has 4 nitrogen and oxygen atoms in total. The Kier molecular flexibility index (Phi) is 6.72. The maximum atomic E-state index is 12.2. The van der Waals surface area contributed by atoms with Crippen LogP contribution in [0.5, 0.6) is 0 Å². The number of carbonyl (C=O) groups excluding carboxylic acids is 2. The van der Waals surface area contributed by atoms with Gasteiger partial charge >= 0.3 is 0 Å². The molecule has 1 aliphatic heterocycles. The highest BCUT2D eigenvalue weighted by molar-refractivity contribution is 7.98. The van der Waals surface area contributed by atoms with E-state index in [9.17, 15) is 9.59 Å². The van der Waals surface area contributed by atoms with E-state index in [2.05, 4.69) is 17.4 Å². The average Bonchev–Trinajstić information content (AvgIpc) is 2.69. The van der Waals surface area contributed by atoms with E-state index < -0.39 is 0 Å². The molecule has 136 valence electrons. The summed E-state index contributed by atoms with van der Waals surface area (Å²) in [4.78, 5) is 26.0. The molecule has 2 aromatic carbocycles. The molecule has 1 aliphatic rings. The van der Waals surface area contributed by atoms with Crippen LogP contribution >= 0.6 is 11.8 Å². The van der Waals surface area contributed by atoms with E-state index in [0.717, 1.165) is 36.6 Å². The number of thioether (sulfide) groups is 1. The van der Waals surface area contributed by atoms with Crippen LogP contribution < -0.4 is 10.2 Å². The van der Waals surface area contributed by atoms with Gasteiger partial charge in [-0.1, -0.05) is 30.3 Å². The standard InChI is InChI=1S/C21H24N2O2S/c24-20-8-4-5-14-23(20)19-11-9-18(10-12-19)21(25)22-13-15-26-16-17-6-2-1-3-7-17/h1-3,6-7,9-12H,4-5,8,13-16H2,(H,22,25). The summed E-state index contributed by atoms with van der Waals surface area (Å²) in [7, 11) is 0. The Morgan fingerprint density at radius 3 is 2.54 bits per heavy atom. The minimum absolute atomic E-state index is 0.0677. The molecule has 1 heterocycles. The highest BCUT2D eigenvalue weighted by atomic mass is 32.2. The molecular weight excluding hydrogens is 344 g/mol. The zero-order valence-electron chi connectivity index (χ0n) is 14.8. The Morgan fingerprint density at radius 2 is 1.81 bits per heavy atom. The number of piperidine rings is 1. The summed E-state index contributed by atoms with van der Waals surface area (Å²) in [5, 5.41) is 2.95. The van der Waals surface area contributed by atoms with Crippen LogP contribution in [0.2, 0.25) is 0 Å². The molecule has 0 radical (unpaired) electrons. The van der Waals surface area contributed by atoms with Crippen molar-refractivity contribution in [1.29, 1.82) is 0 Å². The van der Waals surface area contributed by atoms with Crippen molar-refractivity contribution in [3.05, 3.63) is 65.7 Å². The van der Waals surface area contributed by atoms with Crippen molar-refractivity contribution in [2.75, 3.05) is 23.7 Å². The summed E-state index contributed by atoms with van der Waals surface area (Å²) in [6.07, 6.45) is 2.62. The first-order chi connectivity index (χ1) is 12.7. The van der Waals surface area contributed by atoms with Crippen molar-refractivity contribution >= 4 is 29.3 Å². The maximum Gasteiger partial charge on any atom is 0.251 e. The van der Waals surface area contributed by atoms with E-state index in [1.165, 1.54) is 5.56 Å². The molecule has 0 saturated carbocycles. The Hall–Kier alpha value is -2.27. The van der Waals surface area contributed by atoms with Gasteiger partial charge in [-0.05, 0) is 42.7 Å². The Morgan fingerprint density at radius 1 is 1.04 bits per heavy atom. The number of nitrogens with zero attached hydrogens (tertiary/aromatic N) is 1. The lowest BCUT2D eigenvalue weighted by Crippen LogP contribution is -2.35. The number of nitrogens with one attached hydrogen (secondary N) is 1. The van der Waals surface area contributed by atoms with Crippen molar-refractivity contribution in [3.63, 3.8) is 0 Å². The van der Waals surface area contributed by atoms with E-state index >= 15 is 0 Å². The molecule has 1 fully saturated rings. The van der Waals surface area contributed by atoms with E-state index in [4.69, 9.17) is 0 Å². The topological polar surface area (TPSA) is 49.4 Å². The number of hydrogen-bond acceptors (Lipinski definition) is 3. The van der Waals surface area contributed by atoms with Gasteiger partial charge in [0.15, 0.2) is 0 Å². The van der Waals surface area contributed by atoms with E-state index in [1.54, 1.807) is 23.9 Å². The number of rotatable bonds is 7. The number of carbonyl (C=O) groups is 2. The summed E-state index contributed by atoms with van der Waals surface area (Å²) >= 11 is 1.81. The van der Waals surface area contributed by atoms with Gasteiger partial charge in [-0.15, -0.1) is 0 Å². The second-order valence-corrected chi connectivity index (χ2v) is 7.45. The Balaban J connectivity index is 1.42. The monoisotopic (exact) mass is 368 g/mol. The zero-order valence-corrected chi connectivity index (χ0v) is 15.6. The molecule has 0 bridgehead atoms. The van der Waals surface area contributed by atoms with Crippen LogP contribution in [0.3, 0.4) is 0 Å². The third-order valence-electron chi connectivity index (χ3n) is 4.41. The molecule has 0 spiro atoms. The first-order valence-corrected chi connectivity index (χ1v) is 10.2. The Bertz CT molecular complexity index is 731. The normalized spacial score (nSPS) is 14.3. The molecule has 26 heavy (non-hydrogen) atoms. The fourth-order valence-corrected chi connectivity index (χ4v) is 3.79. The predicted octanol–water partition coefficient (Wildman–Crippen LogP) is 3.87. The minimum Gasteiger partial charge on any atom is -0.351 e. The van der Waals surface area contributed by atoms with Crippen molar-refractivity contribution < 1.29 is 9.59 Å². The SMILES string of the molecule is O=C(NCCSCc1ccccc1)c1ccc(N2CCCCC2=O)cc1. The maximum absolute atomic E-state index is 12.2. The number of benzene rings is 2. The highest BCUT2D eigenvalue weighted by Crippen LogP contribution is 2.21. The fourth-order valence-electron chi connectivity index (χ4n) is 2.97. The van der Waals surface area contributed by atoms with Gasteiger partial charge < -0.3 is 10.2 Å². The summed E-state index contributed by atoms with van der Waals surface area (Å²) < 4.78 is 0. The van der Waals surface area contributed by atoms with E-state index in [0.29, 0.717) is 18.5 Å². The van der Waals surface area contributed by atoms with Gasteiger partial charge in [-0.25, -0.2) is 0 Å². The Labute approximate surface area is 159 Å². The first-order valence-electron chi connectivity index (χ1n) is 9.04. The summed E-state index contributed by atoms with van der Waals surface area (Å²) in [5.41, 5.74) is 2.81. The van der Waals surface area contributed by atoms with Gasteiger partial charge in [0, 0.05) is 42.3 Å². The van der Waals surface area contributed by atoms with Crippen molar-refractivity contribution in [2.24, 2.45) is 0 Å². The van der Waals surface area contributed by atoms with Gasteiger partial charge in [0.1, 0.15) is 0 Å². The molecule has 0 aromatic heterocycles. The lowest BCUT2D eigenvalue weighted by molar-refractivity contribution is -0.119. The smallest absolute Gasteiger partial charge is 0.251 e. The van der Waals surface area contributed by atoms with Crippen LogP contribution in [-0.2, 0) is 10.5 Å². The molecule has 1 N–H and O–H groups in total. The first kappa shape index (κ1) is 18.5. The van der Waals surface area contributed by atoms with E-state index in [-0.39, 0.29) is 11.8 Å². The summed E-state index contributed by atoms with van der Waals surface area (Å²) in [6.45, 7) is 1.41. The quantitative estimate of drug-likeness (QED) is 0.755. The molecular formula is C21H24N2O2S. The third kappa shape index (κ3) is 5.11. The lowest BCUT2D eigenvalue weighted by Gasteiger charge is -2.26. The minimum atomic E-state index is -0.0677. The fraction of sp³-hybridized carbons (Fsp3) is 0.333. The molecule has 0 aliphatic carbocycles. The third-order valence-corrected chi connectivity index (χ3v) is 5.44. The van der Waals surface area contributed by atoms with Crippen LogP contribution in [0, 0.1) is 0 Å². The summed E-state index contributed by atoms with van der Waals surface area (Å²) in [5.74, 6) is 1.93. The van der Waals surface area contributed by atoms with Gasteiger partial charge in [0.25, 0.3) is 5.91 Å². The molecule has 0 unspecified atom stereocenters. The molecule has 2 aromatic rings. The molecule has 0 atom stereocenters.